The van der Waals surface area contributed by atoms with E-state index < -0.39 is 22.0 Å². The number of carbonyl (C=O) groups excluding carboxylic acids is 2. The summed E-state index contributed by atoms with van der Waals surface area (Å²) in [6, 6.07) is 13.9. The van der Waals surface area contributed by atoms with Crippen molar-refractivity contribution < 1.29 is 18.0 Å². The number of benzene rings is 2. The lowest BCUT2D eigenvalue weighted by Gasteiger charge is -2.34. The Hall–Kier alpha value is -2.39. The first-order valence-electron chi connectivity index (χ1n) is 12.5. The second kappa shape index (κ2) is 12.7. The van der Waals surface area contributed by atoms with Gasteiger partial charge in [0.05, 0.1) is 11.9 Å². The van der Waals surface area contributed by atoms with Crippen LogP contribution in [0.25, 0.3) is 0 Å². The van der Waals surface area contributed by atoms with E-state index in [1.165, 1.54) is 11.3 Å². The van der Waals surface area contributed by atoms with Gasteiger partial charge in [-0.05, 0) is 61.6 Å². The van der Waals surface area contributed by atoms with Crippen molar-refractivity contribution in [2.45, 2.75) is 71.0 Å². The number of hydrogen-bond donors (Lipinski definition) is 1. The van der Waals surface area contributed by atoms with E-state index in [4.69, 9.17) is 0 Å². The van der Waals surface area contributed by atoms with Crippen LogP contribution in [0.3, 0.4) is 0 Å². The molecule has 2 aromatic rings. The molecule has 36 heavy (non-hydrogen) atoms. The first-order chi connectivity index (χ1) is 17.1. The summed E-state index contributed by atoms with van der Waals surface area (Å²) in [5.74, 6) is -0.599. The van der Waals surface area contributed by atoms with E-state index in [9.17, 15) is 18.0 Å². The third-order valence-electron chi connectivity index (χ3n) is 6.73. The summed E-state index contributed by atoms with van der Waals surface area (Å²) in [6.45, 7) is 3.68. The number of rotatable bonds is 10. The summed E-state index contributed by atoms with van der Waals surface area (Å²) in [5, 5.41) is 3.16. The Morgan fingerprint density at radius 2 is 1.69 bits per heavy atom. The van der Waals surface area contributed by atoms with E-state index in [2.05, 4.69) is 21.2 Å². The van der Waals surface area contributed by atoms with Crippen molar-refractivity contribution in [2.75, 3.05) is 17.1 Å². The van der Waals surface area contributed by atoms with Crippen LogP contribution in [-0.4, -0.2) is 50.0 Å². The van der Waals surface area contributed by atoms with Crippen LogP contribution in [0.2, 0.25) is 0 Å². The second-order valence-corrected chi connectivity index (χ2v) is 12.3. The first-order valence-corrected chi connectivity index (χ1v) is 15.1. The highest BCUT2D eigenvalue weighted by Crippen LogP contribution is 2.23. The molecule has 0 saturated heterocycles. The van der Waals surface area contributed by atoms with Crippen LogP contribution in [0.4, 0.5) is 5.69 Å². The van der Waals surface area contributed by atoms with Gasteiger partial charge in [-0.25, -0.2) is 8.42 Å². The molecule has 1 saturated carbocycles. The molecule has 3 rings (SSSR count). The third kappa shape index (κ3) is 7.56. The van der Waals surface area contributed by atoms with Gasteiger partial charge in [-0.2, -0.15) is 0 Å². The predicted octanol–water partition coefficient (Wildman–Crippen LogP) is 4.78. The number of sulfonamides is 1. The van der Waals surface area contributed by atoms with Crippen molar-refractivity contribution in [3.63, 3.8) is 0 Å². The van der Waals surface area contributed by atoms with E-state index in [0.29, 0.717) is 12.1 Å². The number of amides is 2. The average molecular weight is 579 g/mol. The molecule has 1 atom stereocenters. The summed E-state index contributed by atoms with van der Waals surface area (Å²) < 4.78 is 27.3. The Balaban J connectivity index is 1.91. The van der Waals surface area contributed by atoms with Gasteiger partial charge in [0.1, 0.15) is 12.6 Å². The van der Waals surface area contributed by atoms with Crippen molar-refractivity contribution in [3.05, 3.63) is 64.1 Å². The highest BCUT2D eigenvalue weighted by molar-refractivity contribution is 9.10. The van der Waals surface area contributed by atoms with Crippen LogP contribution < -0.4 is 9.62 Å². The lowest BCUT2D eigenvalue weighted by molar-refractivity contribution is -0.140. The van der Waals surface area contributed by atoms with Crippen LogP contribution in [0.1, 0.15) is 56.6 Å². The van der Waals surface area contributed by atoms with E-state index in [1.807, 2.05) is 38.1 Å². The van der Waals surface area contributed by atoms with E-state index in [1.54, 1.807) is 24.3 Å². The van der Waals surface area contributed by atoms with E-state index in [0.717, 1.165) is 51.8 Å². The maximum absolute atomic E-state index is 13.8. The Kier molecular flexibility index (Phi) is 9.96. The van der Waals surface area contributed by atoms with Crippen molar-refractivity contribution in [3.8, 4) is 0 Å². The molecule has 2 aromatic carbocycles. The minimum Gasteiger partial charge on any atom is -0.352 e. The fraction of sp³-hybridized carbons (Fsp3) is 0.481. The zero-order chi connectivity index (χ0) is 26.3. The molecule has 0 aromatic heterocycles. The molecule has 0 unspecified atom stereocenters. The van der Waals surface area contributed by atoms with Gasteiger partial charge < -0.3 is 10.2 Å². The molecule has 0 aliphatic heterocycles. The van der Waals surface area contributed by atoms with Crippen LogP contribution in [-0.2, 0) is 26.2 Å². The molecule has 1 fully saturated rings. The van der Waals surface area contributed by atoms with Gasteiger partial charge in [0.2, 0.25) is 21.8 Å². The smallest absolute Gasteiger partial charge is 0.244 e. The van der Waals surface area contributed by atoms with Gasteiger partial charge in [0, 0.05) is 17.1 Å². The highest BCUT2D eigenvalue weighted by atomic mass is 79.9. The van der Waals surface area contributed by atoms with E-state index >= 15 is 0 Å². The van der Waals surface area contributed by atoms with Crippen molar-refractivity contribution in [2.24, 2.45) is 0 Å². The number of nitrogens with one attached hydrogen (secondary N) is 1. The SMILES string of the molecule is CC[C@@H](C(=O)NC1CCCCC1)N(Cc1ccccc1C)C(=O)CN(c1ccc(Br)cc1)S(C)(=O)=O. The highest BCUT2D eigenvalue weighted by Gasteiger charge is 2.33. The number of hydrogen-bond acceptors (Lipinski definition) is 4. The second-order valence-electron chi connectivity index (χ2n) is 9.46. The average Bonchev–Trinajstić information content (AvgIpc) is 2.84. The predicted molar refractivity (Wildman–Crippen MR) is 147 cm³/mol. The molecule has 1 aliphatic carbocycles. The zero-order valence-electron chi connectivity index (χ0n) is 21.2. The van der Waals surface area contributed by atoms with Crippen molar-refractivity contribution in [1.82, 2.24) is 10.2 Å². The zero-order valence-corrected chi connectivity index (χ0v) is 23.6. The minimum absolute atomic E-state index is 0.117. The Bertz CT molecular complexity index is 1150. The maximum atomic E-state index is 13.8. The molecule has 2 amide bonds. The summed E-state index contributed by atoms with van der Waals surface area (Å²) in [5.41, 5.74) is 2.32. The van der Waals surface area contributed by atoms with Crippen LogP contribution in [0.15, 0.2) is 53.0 Å². The van der Waals surface area contributed by atoms with Gasteiger partial charge in [0.15, 0.2) is 0 Å². The molecule has 0 bridgehead atoms. The van der Waals surface area contributed by atoms with Crippen LogP contribution >= 0.6 is 15.9 Å². The summed E-state index contributed by atoms with van der Waals surface area (Å²) in [7, 11) is -3.75. The third-order valence-corrected chi connectivity index (χ3v) is 8.40. The summed E-state index contributed by atoms with van der Waals surface area (Å²) in [6.07, 6.45) is 6.75. The topological polar surface area (TPSA) is 86.8 Å². The van der Waals surface area contributed by atoms with Crippen molar-refractivity contribution >= 4 is 43.5 Å². The summed E-state index contributed by atoms with van der Waals surface area (Å²) in [4.78, 5) is 28.7. The number of carbonyl (C=O) groups is 2. The molecule has 0 radical (unpaired) electrons. The van der Waals surface area contributed by atoms with Crippen molar-refractivity contribution in [1.29, 1.82) is 0 Å². The molecule has 0 spiro atoms. The normalized spacial score (nSPS) is 15.2. The van der Waals surface area contributed by atoms with Gasteiger partial charge in [-0.1, -0.05) is 66.4 Å². The molecule has 1 aliphatic rings. The lowest BCUT2D eigenvalue weighted by Crippen LogP contribution is -2.54. The molecule has 9 heteroatoms. The molecule has 1 N–H and O–H groups in total. The standard InChI is InChI=1S/C27H36BrN3O4S/c1-4-25(27(33)29-23-12-6-5-7-13-23)30(18-21-11-9-8-10-20(21)2)26(32)19-31(36(3,34)35)24-16-14-22(28)15-17-24/h8-11,14-17,23,25H,4-7,12-13,18-19H2,1-3H3,(H,29,33)/t25-/m0/s1. The molecular formula is C27H36BrN3O4S. The Morgan fingerprint density at radius 1 is 1.06 bits per heavy atom. The maximum Gasteiger partial charge on any atom is 0.244 e. The quantitative estimate of drug-likeness (QED) is 0.440. The number of anilines is 1. The van der Waals surface area contributed by atoms with Crippen LogP contribution in [0.5, 0.6) is 0 Å². The minimum atomic E-state index is -3.75. The monoisotopic (exact) mass is 577 g/mol. The fourth-order valence-electron chi connectivity index (χ4n) is 4.66. The number of nitrogens with zero attached hydrogens (tertiary/aromatic N) is 2. The summed E-state index contributed by atoms with van der Waals surface area (Å²) >= 11 is 3.36. The molecule has 7 nitrogen and oxygen atoms in total. The van der Waals surface area contributed by atoms with Gasteiger partial charge in [-0.15, -0.1) is 0 Å². The number of halogens is 1. The van der Waals surface area contributed by atoms with Gasteiger partial charge in [0.25, 0.3) is 0 Å². The van der Waals surface area contributed by atoms with E-state index in [-0.39, 0.29) is 25.0 Å². The molecule has 0 heterocycles. The molecule has 196 valence electrons. The number of aryl methyl sites for hydroxylation is 1. The van der Waals surface area contributed by atoms with Gasteiger partial charge >= 0.3 is 0 Å². The largest absolute Gasteiger partial charge is 0.352 e. The lowest BCUT2D eigenvalue weighted by atomic mass is 9.95. The van der Waals surface area contributed by atoms with Gasteiger partial charge in [-0.3, -0.25) is 13.9 Å². The van der Waals surface area contributed by atoms with Crippen LogP contribution in [0, 0.1) is 6.92 Å². The Labute approximate surface area is 223 Å². The first kappa shape index (κ1) is 28.2. The molecular weight excluding hydrogens is 542 g/mol. The fourth-order valence-corrected chi connectivity index (χ4v) is 5.77. The Morgan fingerprint density at radius 3 is 2.28 bits per heavy atom.